The minimum Gasteiger partial charge on any atom is -0.506 e. The number of carbonyl (C=O) groups excluding carboxylic acids is 2. The van der Waals surface area contributed by atoms with Crippen molar-refractivity contribution in [2.24, 2.45) is 0 Å². The van der Waals surface area contributed by atoms with Crippen LogP contribution in [-0.2, 0) is 11.3 Å². The molecule has 25 heavy (non-hydrogen) atoms. The molecule has 0 bridgehead atoms. The molecular formula is C17H10BrCl2NO3S. The third kappa shape index (κ3) is 4.03. The van der Waals surface area contributed by atoms with Crippen LogP contribution < -0.4 is 0 Å². The highest BCUT2D eigenvalue weighted by Gasteiger charge is 2.35. The van der Waals surface area contributed by atoms with E-state index in [9.17, 15) is 14.7 Å². The predicted octanol–water partition coefficient (Wildman–Crippen LogP) is 5.70. The highest BCUT2D eigenvalue weighted by molar-refractivity contribution is 9.10. The van der Waals surface area contributed by atoms with Gasteiger partial charge in [0.15, 0.2) is 0 Å². The van der Waals surface area contributed by atoms with Crippen LogP contribution >= 0.6 is 50.9 Å². The zero-order chi connectivity index (χ0) is 18.1. The molecule has 8 heteroatoms. The Morgan fingerprint density at radius 2 is 1.92 bits per heavy atom. The van der Waals surface area contributed by atoms with E-state index in [1.165, 1.54) is 12.1 Å². The smallest absolute Gasteiger partial charge is 0.293 e. The number of benzene rings is 2. The molecule has 1 N–H and O–H groups in total. The van der Waals surface area contributed by atoms with Crippen molar-refractivity contribution in [1.82, 2.24) is 4.90 Å². The normalized spacial score (nSPS) is 16.1. The number of amides is 2. The Morgan fingerprint density at radius 3 is 2.64 bits per heavy atom. The van der Waals surface area contributed by atoms with Gasteiger partial charge in [0.1, 0.15) is 5.75 Å². The Bertz CT molecular complexity index is 917. The Kier molecular flexibility index (Phi) is 5.43. The van der Waals surface area contributed by atoms with E-state index in [1.54, 1.807) is 30.3 Å². The van der Waals surface area contributed by atoms with Gasteiger partial charge in [0, 0.05) is 15.6 Å². The van der Waals surface area contributed by atoms with Gasteiger partial charge >= 0.3 is 0 Å². The molecular weight excluding hydrogens is 449 g/mol. The first kappa shape index (κ1) is 18.3. The van der Waals surface area contributed by atoms with Gasteiger partial charge in [0.2, 0.25) is 0 Å². The number of imide groups is 1. The predicted molar refractivity (Wildman–Crippen MR) is 104 cm³/mol. The van der Waals surface area contributed by atoms with Crippen LogP contribution in [0.25, 0.3) is 6.08 Å². The highest BCUT2D eigenvalue weighted by Crippen LogP contribution is 2.38. The fraction of sp³-hybridized carbons (Fsp3) is 0.0588. The number of carbonyl (C=O) groups is 2. The monoisotopic (exact) mass is 457 g/mol. The maximum atomic E-state index is 12.5. The number of hydrogen-bond donors (Lipinski definition) is 1. The van der Waals surface area contributed by atoms with Crippen molar-refractivity contribution >= 4 is 68.1 Å². The molecule has 1 aliphatic heterocycles. The second-order valence-corrected chi connectivity index (χ2v) is 7.94. The van der Waals surface area contributed by atoms with Gasteiger partial charge < -0.3 is 5.11 Å². The number of hydrogen-bond acceptors (Lipinski definition) is 4. The van der Waals surface area contributed by atoms with Crippen LogP contribution in [-0.4, -0.2) is 21.2 Å². The number of halogens is 3. The lowest BCUT2D eigenvalue weighted by atomic mass is 10.1. The summed E-state index contributed by atoms with van der Waals surface area (Å²) in [5.41, 5.74) is 1.11. The molecule has 0 atom stereocenters. The number of phenolic OH excluding ortho intramolecular Hbond substituents is 1. The van der Waals surface area contributed by atoms with Gasteiger partial charge in [-0.1, -0.05) is 35.3 Å². The molecule has 2 aromatic rings. The molecule has 0 unspecified atom stereocenters. The summed E-state index contributed by atoms with van der Waals surface area (Å²) in [6, 6.07) is 10.0. The molecule has 0 aliphatic carbocycles. The third-order valence-electron chi connectivity index (χ3n) is 3.45. The van der Waals surface area contributed by atoms with Crippen LogP contribution in [0.3, 0.4) is 0 Å². The molecule has 1 saturated heterocycles. The van der Waals surface area contributed by atoms with E-state index in [0.717, 1.165) is 22.2 Å². The van der Waals surface area contributed by atoms with E-state index < -0.39 is 5.91 Å². The molecule has 1 heterocycles. The number of aromatic hydroxyl groups is 1. The summed E-state index contributed by atoms with van der Waals surface area (Å²) in [5.74, 6) is -0.475. The maximum Gasteiger partial charge on any atom is 0.293 e. The van der Waals surface area contributed by atoms with Crippen molar-refractivity contribution < 1.29 is 14.7 Å². The number of phenols is 1. The summed E-state index contributed by atoms with van der Waals surface area (Å²) in [5, 5.41) is 10.6. The SMILES string of the molecule is O=C1S/C(=C\c2cc(Cl)cc(Br)c2O)C(=O)N1Cc1cccc(Cl)c1. The minimum atomic E-state index is -0.425. The summed E-state index contributed by atoms with van der Waals surface area (Å²) >= 11 is 15.9. The van der Waals surface area contributed by atoms with Crippen LogP contribution in [0.4, 0.5) is 4.79 Å². The number of nitrogens with zero attached hydrogens (tertiary/aromatic N) is 1. The van der Waals surface area contributed by atoms with Crippen LogP contribution in [0.2, 0.25) is 10.0 Å². The zero-order valence-electron chi connectivity index (χ0n) is 12.5. The summed E-state index contributed by atoms with van der Waals surface area (Å²) in [7, 11) is 0. The standard InChI is InChI=1S/C17H10BrCl2NO3S/c18-13-7-12(20)5-10(15(13)22)6-14-16(23)21(17(24)25-14)8-9-2-1-3-11(19)4-9/h1-7,22H,8H2/b14-6-. The third-order valence-corrected chi connectivity index (χ3v) is 5.41. The Morgan fingerprint density at radius 1 is 1.16 bits per heavy atom. The Labute approximate surface area is 166 Å². The summed E-state index contributed by atoms with van der Waals surface area (Å²) in [6.45, 7) is 0.133. The average Bonchev–Trinajstić information content (AvgIpc) is 2.80. The van der Waals surface area contributed by atoms with E-state index in [4.69, 9.17) is 23.2 Å². The molecule has 3 rings (SSSR count). The molecule has 2 amide bonds. The summed E-state index contributed by atoms with van der Waals surface area (Å²) in [4.78, 5) is 26.1. The lowest BCUT2D eigenvalue weighted by Crippen LogP contribution is -2.27. The lowest BCUT2D eigenvalue weighted by Gasteiger charge is -2.12. The molecule has 4 nitrogen and oxygen atoms in total. The zero-order valence-corrected chi connectivity index (χ0v) is 16.4. The van der Waals surface area contributed by atoms with Gasteiger partial charge in [-0.15, -0.1) is 0 Å². The molecule has 0 aromatic heterocycles. The van der Waals surface area contributed by atoms with Crippen LogP contribution in [0, 0.1) is 0 Å². The topological polar surface area (TPSA) is 57.6 Å². The second-order valence-electron chi connectivity index (χ2n) is 5.22. The van der Waals surface area contributed by atoms with E-state index >= 15 is 0 Å². The second kappa shape index (κ2) is 7.41. The first-order valence-electron chi connectivity index (χ1n) is 7.03. The molecule has 0 saturated carbocycles. The molecule has 0 radical (unpaired) electrons. The Balaban J connectivity index is 1.89. The van der Waals surface area contributed by atoms with Crippen molar-refractivity contribution in [1.29, 1.82) is 0 Å². The molecule has 128 valence electrons. The first-order chi connectivity index (χ1) is 11.8. The average molecular weight is 459 g/mol. The lowest BCUT2D eigenvalue weighted by molar-refractivity contribution is -0.123. The van der Waals surface area contributed by atoms with Crippen molar-refractivity contribution in [3.8, 4) is 5.75 Å². The maximum absolute atomic E-state index is 12.5. The summed E-state index contributed by atoms with van der Waals surface area (Å²) in [6.07, 6.45) is 1.45. The van der Waals surface area contributed by atoms with Crippen molar-refractivity contribution in [2.75, 3.05) is 0 Å². The number of thioether (sulfide) groups is 1. The van der Waals surface area contributed by atoms with Gasteiger partial charge in [-0.3, -0.25) is 14.5 Å². The van der Waals surface area contributed by atoms with Crippen LogP contribution in [0.5, 0.6) is 5.75 Å². The van der Waals surface area contributed by atoms with Crippen LogP contribution in [0.15, 0.2) is 45.8 Å². The van der Waals surface area contributed by atoms with E-state index in [-0.39, 0.29) is 22.4 Å². The highest BCUT2D eigenvalue weighted by atomic mass is 79.9. The van der Waals surface area contributed by atoms with E-state index in [2.05, 4.69) is 15.9 Å². The first-order valence-corrected chi connectivity index (χ1v) is 9.39. The van der Waals surface area contributed by atoms with Crippen molar-refractivity contribution in [3.63, 3.8) is 0 Å². The molecule has 1 fully saturated rings. The van der Waals surface area contributed by atoms with Crippen molar-refractivity contribution in [3.05, 3.63) is 66.9 Å². The largest absolute Gasteiger partial charge is 0.506 e. The number of rotatable bonds is 3. The van der Waals surface area contributed by atoms with Gasteiger partial charge in [-0.2, -0.15) is 0 Å². The van der Waals surface area contributed by atoms with E-state index in [0.29, 0.717) is 20.1 Å². The van der Waals surface area contributed by atoms with Crippen LogP contribution in [0.1, 0.15) is 11.1 Å². The fourth-order valence-electron chi connectivity index (χ4n) is 2.29. The van der Waals surface area contributed by atoms with E-state index in [1.807, 2.05) is 0 Å². The van der Waals surface area contributed by atoms with Gasteiger partial charge in [-0.05, 0) is 63.6 Å². The minimum absolute atomic E-state index is 0.0500. The quantitative estimate of drug-likeness (QED) is 0.599. The summed E-state index contributed by atoms with van der Waals surface area (Å²) < 4.78 is 0.407. The molecule has 0 spiro atoms. The van der Waals surface area contributed by atoms with Gasteiger partial charge in [-0.25, -0.2) is 0 Å². The molecule has 2 aromatic carbocycles. The van der Waals surface area contributed by atoms with Crippen molar-refractivity contribution in [2.45, 2.75) is 6.54 Å². The fourth-order valence-corrected chi connectivity index (χ4v) is 4.17. The van der Waals surface area contributed by atoms with Gasteiger partial charge in [0.25, 0.3) is 11.1 Å². The van der Waals surface area contributed by atoms with Gasteiger partial charge in [0.05, 0.1) is 15.9 Å². The molecule has 1 aliphatic rings. The Hall–Kier alpha value is -1.47.